The molecule has 1 aromatic carbocycles. The molecule has 0 amide bonds. The highest BCUT2D eigenvalue weighted by atomic mass is 35.5. The summed E-state index contributed by atoms with van der Waals surface area (Å²) in [6, 6.07) is 7.21. The van der Waals surface area contributed by atoms with Crippen LogP contribution in [0.25, 0.3) is 0 Å². The van der Waals surface area contributed by atoms with Crippen molar-refractivity contribution in [1.29, 1.82) is 0 Å². The SMILES string of the molecule is COc1ccc(S(=O)(=O)NNc2cc(Cl)nc(N)n2)cc1. The number of halogens is 1. The first-order chi connectivity index (χ1) is 9.90. The number of hydrazine groups is 1. The Morgan fingerprint density at radius 3 is 2.48 bits per heavy atom. The zero-order chi connectivity index (χ0) is 15.5. The van der Waals surface area contributed by atoms with Gasteiger partial charge in [-0.2, -0.15) is 4.98 Å². The highest BCUT2D eigenvalue weighted by Gasteiger charge is 2.14. The molecule has 0 bridgehead atoms. The van der Waals surface area contributed by atoms with Crippen LogP contribution < -0.4 is 20.7 Å². The van der Waals surface area contributed by atoms with Crippen LogP contribution in [0.2, 0.25) is 5.15 Å². The van der Waals surface area contributed by atoms with Crippen LogP contribution in [0.4, 0.5) is 11.8 Å². The lowest BCUT2D eigenvalue weighted by Crippen LogP contribution is -2.30. The normalized spacial score (nSPS) is 11.1. The van der Waals surface area contributed by atoms with Gasteiger partial charge in [0, 0.05) is 6.07 Å². The first kappa shape index (κ1) is 15.3. The maximum atomic E-state index is 12.1. The summed E-state index contributed by atoms with van der Waals surface area (Å²) in [6.07, 6.45) is 0. The van der Waals surface area contributed by atoms with Gasteiger partial charge in [-0.05, 0) is 24.3 Å². The predicted octanol–water partition coefficient (Wildman–Crippen LogP) is 1.03. The number of nitrogens with zero attached hydrogens (tertiary/aromatic N) is 2. The second-order valence-electron chi connectivity index (χ2n) is 3.84. The molecule has 1 heterocycles. The fraction of sp³-hybridized carbons (Fsp3) is 0.0909. The average molecular weight is 330 g/mol. The van der Waals surface area contributed by atoms with Crippen molar-refractivity contribution in [2.24, 2.45) is 0 Å². The smallest absolute Gasteiger partial charge is 0.257 e. The van der Waals surface area contributed by atoms with Gasteiger partial charge < -0.3 is 10.5 Å². The summed E-state index contributed by atoms with van der Waals surface area (Å²) < 4.78 is 29.1. The quantitative estimate of drug-likeness (QED) is 0.553. The van der Waals surface area contributed by atoms with E-state index in [0.29, 0.717) is 5.75 Å². The molecular weight excluding hydrogens is 318 g/mol. The lowest BCUT2D eigenvalue weighted by atomic mass is 10.3. The minimum Gasteiger partial charge on any atom is -0.497 e. The molecule has 0 saturated heterocycles. The molecule has 0 radical (unpaired) electrons. The van der Waals surface area contributed by atoms with Crippen LogP contribution in [-0.2, 0) is 10.0 Å². The topological polar surface area (TPSA) is 119 Å². The Balaban J connectivity index is 2.13. The molecule has 2 aromatic rings. The monoisotopic (exact) mass is 329 g/mol. The summed E-state index contributed by atoms with van der Waals surface area (Å²) >= 11 is 5.69. The second-order valence-corrected chi connectivity index (χ2v) is 5.91. The predicted molar refractivity (Wildman–Crippen MR) is 78.4 cm³/mol. The zero-order valence-electron chi connectivity index (χ0n) is 10.9. The fourth-order valence-corrected chi connectivity index (χ4v) is 2.47. The largest absolute Gasteiger partial charge is 0.497 e. The summed E-state index contributed by atoms with van der Waals surface area (Å²) in [5.41, 5.74) is 7.81. The number of rotatable bonds is 5. The second kappa shape index (κ2) is 6.12. The Hall–Kier alpha value is -2.10. The van der Waals surface area contributed by atoms with Gasteiger partial charge in [-0.3, -0.25) is 5.43 Å². The summed E-state index contributed by atoms with van der Waals surface area (Å²) in [6.45, 7) is 0. The molecule has 2 rings (SSSR count). The Morgan fingerprint density at radius 1 is 1.24 bits per heavy atom. The van der Waals surface area contributed by atoms with E-state index < -0.39 is 10.0 Å². The lowest BCUT2D eigenvalue weighted by Gasteiger charge is -2.09. The number of methoxy groups -OCH3 is 1. The molecule has 0 aliphatic rings. The van der Waals surface area contributed by atoms with E-state index in [2.05, 4.69) is 20.2 Å². The minimum atomic E-state index is -3.77. The van der Waals surface area contributed by atoms with Crippen LogP contribution in [0, 0.1) is 0 Å². The van der Waals surface area contributed by atoms with Crippen molar-refractivity contribution in [3.05, 3.63) is 35.5 Å². The van der Waals surface area contributed by atoms with Crippen molar-refractivity contribution >= 4 is 33.4 Å². The van der Waals surface area contributed by atoms with Crippen molar-refractivity contribution in [3.63, 3.8) is 0 Å². The molecule has 0 aliphatic heterocycles. The number of nitrogen functional groups attached to an aromatic ring is 1. The molecule has 21 heavy (non-hydrogen) atoms. The van der Waals surface area contributed by atoms with Crippen LogP contribution in [0.3, 0.4) is 0 Å². The summed E-state index contributed by atoms with van der Waals surface area (Å²) in [4.78, 5) is 9.66. The summed E-state index contributed by atoms with van der Waals surface area (Å²) in [5, 5.41) is 0.0913. The molecule has 0 atom stereocenters. The van der Waals surface area contributed by atoms with Crippen LogP contribution in [-0.4, -0.2) is 25.5 Å². The number of nitrogens with two attached hydrogens (primary N) is 1. The van der Waals surface area contributed by atoms with Gasteiger partial charge in [-0.1, -0.05) is 11.6 Å². The molecule has 0 saturated carbocycles. The van der Waals surface area contributed by atoms with Gasteiger partial charge >= 0.3 is 0 Å². The number of anilines is 2. The van der Waals surface area contributed by atoms with E-state index in [-0.39, 0.29) is 21.8 Å². The fourth-order valence-electron chi connectivity index (χ4n) is 1.43. The van der Waals surface area contributed by atoms with E-state index in [1.54, 1.807) is 0 Å². The number of aromatic nitrogens is 2. The van der Waals surface area contributed by atoms with Crippen LogP contribution >= 0.6 is 11.6 Å². The van der Waals surface area contributed by atoms with Gasteiger partial charge in [0.1, 0.15) is 16.7 Å². The van der Waals surface area contributed by atoms with Crippen molar-refractivity contribution in [2.45, 2.75) is 4.90 Å². The van der Waals surface area contributed by atoms with E-state index in [9.17, 15) is 8.42 Å². The van der Waals surface area contributed by atoms with Crippen molar-refractivity contribution in [2.75, 3.05) is 18.3 Å². The average Bonchev–Trinajstić information content (AvgIpc) is 2.44. The standard InChI is InChI=1S/C11H12ClN5O3S/c1-20-7-2-4-8(5-3-7)21(18,19)17-16-10-6-9(12)14-11(13)15-10/h2-6,17H,1H3,(H3,13,14,15,16). The third kappa shape index (κ3) is 3.94. The molecule has 10 heteroatoms. The Kier molecular flexibility index (Phi) is 4.46. The van der Waals surface area contributed by atoms with Crippen LogP contribution in [0.5, 0.6) is 5.75 Å². The van der Waals surface area contributed by atoms with Gasteiger partial charge in [0.15, 0.2) is 0 Å². The van der Waals surface area contributed by atoms with E-state index in [1.807, 2.05) is 0 Å². The van der Waals surface area contributed by atoms with Crippen molar-refractivity contribution in [1.82, 2.24) is 14.8 Å². The number of hydrogen-bond acceptors (Lipinski definition) is 7. The number of benzene rings is 1. The van der Waals surface area contributed by atoms with Gasteiger partial charge in [0.05, 0.1) is 12.0 Å². The molecule has 8 nitrogen and oxygen atoms in total. The third-order valence-electron chi connectivity index (χ3n) is 2.40. The van der Waals surface area contributed by atoms with E-state index in [0.717, 1.165) is 0 Å². The molecule has 0 aliphatic carbocycles. The third-order valence-corrected chi connectivity index (χ3v) is 3.85. The molecule has 1 aromatic heterocycles. The number of ether oxygens (including phenoxy) is 1. The van der Waals surface area contributed by atoms with Gasteiger partial charge in [-0.25, -0.2) is 13.4 Å². The first-order valence-electron chi connectivity index (χ1n) is 5.62. The van der Waals surface area contributed by atoms with Gasteiger partial charge in [0.2, 0.25) is 5.95 Å². The van der Waals surface area contributed by atoms with Gasteiger partial charge in [0.25, 0.3) is 10.0 Å². The van der Waals surface area contributed by atoms with E-state index in [1.165, 1.54) is 37.4 Å². The van der Waals surface area contributed by atoms with E-state index in [4.69, 9.17) is 22.1 Å². The van der Waals surface area contributed by atoms with Crippen LogP contribution in [0.15, 0.2) is 35.2 Å². The Morgan fingerprint density at radius 2 is 1.90 bits per heavy atom. The van der Waals surface area contributed by atoms with Crippen molar-refractivity contribution in [3.8, 4) is 5.75 Å². The number of sulfonamides is 1. The zero-order valence-corrected chi connectivity index (χ0v) is 12.4. The highest BCUT2D eigenvalue weighted by molar-refractivity contribution is 7.89. The maximum absolute atomic E-state index is 12.1. The summed E-state index contributed by atoms with van der Waals surface area (Å²) in [7, 11) is -2.28. The highest BCUT2D eigenvalue weighted by Crippen LogP contribution is 2.16. The Bertz CT molecular complexity index is 716. The number of nitrogens with one attached hydrogen (secondary N) is 2. The lowest BCUT2D eigenvalue weighted by molar-refractivity contribution is 0.414. The van der Waals surface area contributed by atoms with E-state index >= 15 is 0 Å². The molecular formula is C11H12ClN5O3S. The Labute approximate surface area is 126 Å². The van der Waals surface area contributed by atoms with Gasteiger partial charge in [-0.15, -0.1) is 4.83 Å². The molecule has 0 spiro atoms. The van der Waals surface area contributed by atoms with Crippen molar-refractivity contribution < 1.29 is 13.2 Å². The van der Waals surface area contributed by atoms with Crippen LogP contribution in [0.1, 0.15) is 0 Å². The molecule has 0 fully saturated rings. The molecule has 0 unspecified atom stereocenters. The number of hydrogen-bond donors (Lipinski definition) is 3. The first-order valence-corrected chi connectivity index (χ1v) is 7.49. The maximum Gasteiger partial charge on any atom is 0.257 e. The minimum absolute atomic E-state index is 0.0592. The summed E-state index contributed by atoms with van der Waals surface area (Å²) in [5.74, 6) is 0.607. The molecule has 112 valence electrons. The molecule has 4 N–H and O–H groups in total.